The van der Waals surface area contributed by atoms with E-state index >= 15 is 0 Å². The number of amides is 1. The van der Waals surface area contributed by atoms with Crippen LogP contribution in [-0.2, 0) is 15.1 Å². The van der Waals surface area contributed by atoms with Gasteiger partial charge in [0.2, 0.25) is 0 Å². The predicted octanol–water partition coefficient (Wildman–Crippen LogP) is 1.29. The van der Waals surface area contributed by atoms with Gasteiger partial charge in [0, 0.05) is 0 Å². The molecule has 8 heteroatoms. The molecular formula is C12H10F3NO4. The van der Waals surface area contributed by atoms with E-state index in [1.165, 1.54) is 24.3 Å². The largest absolute Gasteiger partial charge is 0.478 e. The molecule has 0 aliphatic carbocycles. The summed E-state index contributed by atoms with van der Waals surface area (Å²) < 4.78 is 41.8. The van der Waals surface area contributed by atoms with Gasteiger partial charge in [-0.25, -0.2) is 4.79 Å². The SMILES string of the molecule is O=C(O)c1ccc(C2(NC(=O)C(F)(F)F)COC2)cc1. The van der Waals surface area contributed by atoms with Crippen LogP contribution in [0.1, 0.15) is 15.9 Å². The quantitative estimate of drug-likeness (QED) is 0.879. The van der Waals surface area contributed by atoms with Crippen molar-refractivity contribution < 1.29 is 32.6 Å². The third-order valence-corrected chi connectivity index (χ3v) is 2.99. The number of halogens is 3. The Morgan fingerprint density at radius 1 is 1.20 bits per heavy atom. The highest BCUT2D eigenvalue weighted by Gasteiger charge is 2.48. The lowest BCUT2D eigenvalue weighted by Crippen LogP contribution is -2.61. The zero-order valence-electron chi connectivity index (χ0n) is 10.0. The monoisotopic (exact) mass is 289 g/mol. The fourth-order valence-electron chi connectivity index (χ4n) is 1.84. The Morgan fingerprint density at radius 3 is 2.10 bits per heavy atom. The lowest BCUT2D eigenvalue weighted by molar-refractivity contribution is -0.182. The Hall–Kier alpha value is -2.09. The average molecular weight is 289 g/mol. The summed E-state index contributed by atoms with van der Waals surface area (Å²) in [6.45, 7) is -0.192. The fraction of sp³-hybridized carbons (Fsp3) is 0.333. The molecule has 2 N–H and O–H groups in total. The molecule has 0 aromatic heterocycles. The lowest BCUT2D eigenvalue weighted by Gasteiger charge is -2.42. The minimum atomic E-state index is -4.98. The number of alkyl halides is 3. The minimum Gasteiger partial charge on any atom is -0.478 e. The maximum absolute atomic E-state index is 12.3. The maximum Gasteiger partial charge on any atom is 0.471 e. The van der Waals surface area contributed by atoms with E-state index in [1.54, 1.807) is 0 Å². The number of rotatable bonds is 3. The van der Waals surface area contributed by atoms with Crippen molar-refractivity contribution in [2.24, 2.45) is 0 Å². The van der Waals surface area contributed by atoms with Gasteiger partial charge in [-0.05, 0) is 17.7 Å². The molecule has 1 aromatic rings. The molecule has 1 fully saturated rings. The molecular weight excluding hydrogens is 279 g/mol. The molecule has 1 aromatic carbocycles. The third kappa shape index (κ3) is 2.60. The van der Waals surface area contributed by atoms with Crippen LogP contribution in [0.15, 0.2) is 24.3 Å². The number of carboxylic acid groups (broad SMARTS) is 1. The van der Waals surface area contributed by atoms with Crippen LogP contribution in [0.2, 0.25) is 0 Å². The first-order valence-electron chi connectivity index (χ1n) is 5.55. The third-order valence-electron chi connectivity index (χ3n) is 2.99. The van der Waals surface area contributed by atoms with Crippen LogP contribution in [0, 0.1) is 0 Å². The van der Waals surface area contributed by atoms with Crippen molar-refractivity contribution in [3.05, 3.63) is 35.4 Å². The van der Waals surface area contributed by atoms with Gasteiger partial charge >= 0.3 is 18.1 Å². The number of hydrogen-bond donors (Lipinski definition) is 2. The number of carbonyl (C=O) groups excluding carboxylic acids is 1. The zero-order valence-corrected chi connectivity index (χ0v) is 10.0. The first-order chi connectivity index (χ1) is 9.24. The van der Waals surface area contributed by atoms with E-state index in [4.69, 9.17) is 9.84 Å². The number of ether oxygens (including phenoxy) is 1. The number of carbonyl (C=O) groups is 2. The van der Waals surface area contributed by atoms with Gasteiger partial charge in [0.15, 0.2) is 0 Å². The Labute approximate surface area is 111 Å². The summed E-state index contributed by atoms with van der Waals surface area (Å²) in [6.07, 6.45) is -4.98. The molecule has 0 bridgehead atoms. The second-order valence-corrected chi connectivity index (χ2v) is 4.41. The second kappa shape index (κ2) is 4.78. The Bertz CT molecular complexity index is 535. The molecule has 0 saturated carbocycles. The van der Waals surface area contributed by atoms with Gasteiger partial charge in [0.25, 0.3) is 0 Å². The van der Waals surface area contributed by atoms with Crippen molar-refractivity contribution in [1.29, 1.82) is 0 Å². The van der Waals surface area contributed by atoms with Gasteiger partial charge in [-0.3, -0.25) is 4.79 Å². The molecule has 1 aliphatic rings. The van der Waals surface area contributed by atoms with Crippen LogP contribution >= 0.6 is 0 Å². The van der Waals surface area contributed by atoms with Crippen molar-refractivity contribution >= 4 is 11.9 Å². The van der Waals surface area contributed by atoms with E-state index in [9.17, 15) is 22.8 Å². The Morgan fingerprint density at radius 2 is 1.75 bits per heavy atom. The summed E-state index contributed by atoms with van der Waals surface area (Å²) in [5.41, 5.74) is -0.887. The van der Waals surface area contributed by atoms with Crippen LogP contribution in [-0.4, -0.2) is 36.4 Å². The molecule has 0 radical (unpaired) electrons. The number of nitrogens with one attached hydrogen (secondary N) is 1. The Kier molecular flexibility index (Phi) is 3.43. The smallest absolute Gasteiger partial charge is 0.471 e. The van der Waals surface area contributed by atoms with E-state index < -0.39 is 23.6 Å². The van der Waals surface area contributed by atoms with Crippen LogP contribution in [0.5, 0.6) is 0 Å². The summed E-state index contributed by atoms with van der Waals surface area (Å²) in [5, 5.41) is 10.7. The normalized spacial score (nSPS) is 17.1. The summed E-state index contributed by atoms with van der Waals surface area (Å²) in [4.78, 5) is 21.7. The van der Waals surface area contributed by atoms with Crippen molar-refractivity contribution in [1.82, 2.24) is 5.32 Å². The lowest BCUT2D eigenvalue weighted by atomic mass is 9.87. The Balaban J connectivity index is 2.23. The summed E-state index contributed by atoms with van der Waals surface area (Å²) in [6, 6.07) is 5.25. The van der Waals surface area contributed by atoms with Crippen molar-refractivity contribution in [3.8, 4) is 0 Å². The molecule has 5 nitrogen and oxygen atoms in total. The predicted molar refractivity (Wildman–Crippen MR) is 60.1 cm³/mol. The first-order valence-corrected chi connectivity index (χ1v) is 5.55. The highest BCUT2D eigenvalue weighted by atomic mass is 19.4. The molecule has 0 spiro atoms. The van der Waals surface area contributed by atoms with Crippen molar-refractivity contribution in [2.45, 2.75) is 11.7 Å². The summed E-state index contributed by atoms with van der Waals surface area (Å²) in [5.74, 6) is -3.20. The maximum atomic E-state index is 12.3. The number of benzene rings is 1. The summed E-state index contributed by atoms with van der Waals surface area (Å²) >= 11 is 0. The van der Waals surface area contributed by atoms with Crippen molar-refractivity contribution in [3.63, 3.8) is 0 Å². The van der Waals surface area contributed by atoms with Gasteiger partial charge in [-0.2, -0.15) is 13.2 Å². The van der Waals surface area contributed by atoms with Crippen LogP contribution in [0.4, 0.5) is 13.2 Å². The van der Waals surface area contributed by atoms with Crippen molar-refractivity contribution in [2.75, 3.05) is 13.2 Å². The van der Waals surface area contributed by atoms with Gasteiger partial charge in [0.1, 0.15) is 5.54 Å². The van der Waals surface area contributed by atoms with E-state index in [2.05, 4.69) is 0 Å². The van der Waals surface area contributed by atoms with Crippen LogP contribution in [0.3, 0.4) is 0 Å². The number of aromatic carboxylic acids is 1. The standard InChI is InChI=1S/C12H10F3NO4/c13-12(14,15)10(19)16-11(5-20-6-11)8-3-1-7(2-4-8)9(17)18/h1-4H,5-6H2,(H,16,19)(H,17,18). The first kappa shape index (κ1) is 14.3. The van der Waals surface area contributed by atoms with E-state index in [0.29, 0.717) is 5.56 Å². The topological polar surface area (TPSA) is 75.6 Å². The molecule has 0 atom stereocenters. The zero-order chi connectivity index (χ0) is 15.0. The molecule has 2 rings (SSSR count). The summed E-state index contributed by atoms with van der Waals surface area (Å²) in [7, 11) is 0. The van der Waals surface area contributed by atoms with E-state index in [-0.39, 0.29) is 18.8 Å². The van der Waals surface area contributed by atoms with Gasteiger partial charge < -0.3 is 15.2 Å². The molecule has 0 unspecified atom stereocenters. The van der Waals surface area contributed by atoms with Crippen LogP contribution < -0.4 is 5.32 Å². The number of hydrogen-bond acceptors (Lipinski definition) is 3. The molecule has 1 saturated heterocycles. The van der Waals surface area contributed by atoms with Gasteiger partial charge in [0.05, 0.1) is 18.8 Å². The molecule has 1 heterocycles. The van der Waals surface area contributed by atoms with E-state index in [1.807, 2.05) is 5.32 Å². The van der Waals surface area contributed by atoms with E-state index in [0.717, 1.165) is 0 Å². The number of carboxylic acids is 1. The van der Waals surface area contributed by atoms with Gasteiger partial charge in [-0.1, -0.05) is 12.1 Å². The molecule has 1 amide bonds. The van der Waals surface area contributed by atoms with Gasteiger partial charge in [-0.15, -0.1) is 0 Å². The molecule has 108 valence electrons. The fourth-order valence-corrected chi connectivity index (χ4v) is 1.84. The molecule has 1 aliphatic heterocycles. The highest BCUT2D eigenvalue weighted by molar-refractivity contribution is 5.87. The minimum absolute atomic E-state index is 0.00582. The van der Waals surface area contributed by atoms with Crippen LogP contribution in [0.25, 0.3) is 0 Å². The average Bonchev–Trinajstić information content (AvgIpc) is 2.32. The highest BCUT2D eigenvalue weighted by Crippen LogP contribution is 2.31. The molecule has 20 heavy (non-hydrogen) atoms. The second-order valence-electron chi connectivity index (χ2n) is 4.41.